The minimum absolute atomic E-state index is 0.0615. The maximum Gasteiger partial charge on any atom is 0.295 e. The van der Waals surface area contributed by atoms with Crippen LogP contribution in [0.4, 0.5) is 5.69 Å². The second-order valence-electron chi connectivity index (χ2n) is 4.09. The van der Waals surface area contributed by atoms with Crippen molar-refractivity contribution >= 4 is 17.5 Å². The Bertz CT molecular complexity index is 647. The molecule has 7 heteroatoms. The van der Waals surface area contributed by atoms with E-state index in [-0.39, 0.29) is 5.82 Å². The normalized spacial score (nSPS) is 10.2. The first-order valence-corrected chi connectivity index (χ1v) is 5.55. The van der Waals surface area contributed by atoms with Crippen molar-refractivity contribution in [3.63, 3.8) is 0 Å². The lowest BCUT2D eigenvalue weighted by Crippen LogP contribution is -2.16. The summed E-state index contributed by atoms with van der Waals surface area (Å²) in [4.78, 5) is 26.8. The molecule has 0 atom stereocenters. The average Bonchev–Trinajstić information content (AvgIpc) is 2.78. The Balaban J connectivity index is 2.25. The summed E-state index contributed by atoms with van der Waals surface area (Å²) in [6, 6.07) is 4.84. The zero-order chi connectivity index (χ0) is 14.0. The molecule has 0 aliphatic carbocycles. The molecular formula is C12H13N5O2. The van der Waals surface area contributed by atoms with Crippen LogP contribution >= 0.6 is 0 Å². The molecule has 7 nitrogen and oxygen atoms in total. The SMILES string of the molecule is Cc1ccc(C(N)=O)cc1NC(=O)c1ncn(C)n1. The number of nitrogens with one attached hydrogen (secondary N) is 1. The lowest BCUT2D eigenvalue weighted by atomic mass is 10.1. The van der Waals surface area contributed by atoms with E-state index in [1.54, 1.807) is 19.2 Å². The van der Waals surface area contributed by atoms with Crippen LogP contribution in [0.15, 0.2) is 24.5 Å². The Morgan fingerprint density at radius 1 is 1.37 bits per heavy atom. The Hall–Kier alpha value is -2.70. The molecule has 2 rings (SSSR count). The van der Waals surface area contributed by atoms with Crippen LogP contribution in [0.5, 0.6) is 0 Å². The van der Waals surface area contributed by atoms with Crippen LogP contribution in [0, 0.1) is 6.92 Å². The molecule has 19 heavy (non-hydrogen) atoms. The third-order valence-electron chi connectivity index (χ3n) is 2.57. The molecule has 1 heterocycles. The van der Waals surface area contributed by atoms with Gasteiger partial charge in [-0.2, -0.15) is 0 Å². The number of hydrogen-bond acceptors (Lipinski definition) is 4. The number of nitrogens with zero attached hydrogens (tertiary/aromatic N) is 3. The summed E-state index contributed by atoms with van der Waals surface area (Å²) in [5.74, 6) is -0.928. The first-order chi connectivity index (χ1) is 8.97. The Morgan fingerprint density at radius 2 is 2.11 bits per heavy atom. The molecule has 0 spiro atoms. The molecule has 0 bridgehead atoms. The lowest BCUT2D eigenvalue weighted by Gasteiger charge is -2.07. The lowest BCUT2D eigenvalue weighted by molar-refractivity contribution is 0.0994. The highest BCUT2D eigenvalue weighted by atomic mass is 16.2. The van der Waals surface area contributed by atoms with E-state index in [0.717, 1.165) is 5.56 Å². The van der Waals surface area contributed by atoms with Gasteiger partial charge >= 0.3 is 0 Å². The average molecular weight is 259 g/mol. The van der Waals surface area contributed by atoms with E-state index in [0.29, 0.717) is 11.3 Å². The van der Waals surface area contributed by atoms with Crippen LogP contribution < -0.4 is 11.1 Å². The van der Waals surface area contributed by atoms with Gasteiger partial charge in [-0.25, -0.2) is 4.98 Å². The number of carbonyl (C=O) groups excluding carboxylic acids is 2. The Kier molecular flexibility index (Phi) is 3.28. The van der Waals surface area contributed by atoms with Crippen LogP contribution in [-0.4, -0.2) is 26.6 Å². The smallest absolute Gasteiger partial charge is 0.295 e. The van der Waals surface area contributed by atoms with E-state index in [1.165, 1.54) is 17.1 Å². The van der Waals surface area contributed by atoms with E-state index in [4.69, 9.17) is 5.73 Å². The monoisotopic (exact) mass is 259 g/mol. The largest absolute Gasteiger partial charge is 0.366 e. The molecule has 98 valence electrons. The summed E-state index contributed by atoms with van der Waals surface area (Å²) < 4.78 is 1.43. The van der Waals surface area contributed by atoms with Crippen molar-refractivity contribution in [1.82, 2.24) is 14.8 Å². The van der Waals surface area contributed by atoms with Gasteiger partial charge in [0, 0.05) is 18.3 Å². The van der Waals surface area contributed by atoms with Gasteiger partial charge in [0.2, 0.25) is 11.7 Å². The number of carbonyl (C=O) groups is 2. The molecule has 0 saturated heterocycles. The standard InChI is InChI=1S/C12H13N5O2/c1-7-3-4-8(10(13)18)5-9(7)15-12(19)11-14-6-17(2)16-11/h3-6H,1-2H3,(H2,13,18)(H,15,19). The van der Waals surface area contributed by atoms with Crippen LogP contribution in [0.3, 0.4) is 0 Å². The second kappa shape index (κ2) is 4.89. The molecule has 0 radical (unpaired) electrons. The van der Waals surface area contributed by atoms with Gasteiger partial charge < -0.3 is 11.1 Å². The van der Waals surface area contributed by atoms with Gasteiger partial charge in [-0.15, -0.1) is 5.10 Å². The van der Waals surface area contributed by atoms with Crippen LogP contribution in [0.2, 0.25) is 0 Å². The van der Waals surface area contributed by atoms with Gasteiger partial charge in [-0.3, -0.25) is 14.3 Å². The number of amides is 2. The van der Waals surface area contributed by atoms with Crippen molar-refractivity contribution in [3.8, 4) is 0 Å². The van der Waals surface area contributed by atoms with E-state index < -0.39 is 11.8 Å². The first kappa shape index (κ1) is 12.7. The van der Waals surface area contributed by atoms with Gasteiger partial charge in [-0.1, -0.05) is 6.07 Å². The number of rotatable bonds is 3. The maximum atomic E-state index is 11.9. The van der Waals surface area contributed by atoms with Crippen molar-refractivity contribution in [2.75, 3.05) is 5.32 Å². The predicted molar refractivity (Wildman–Crippen MR) is 68.7 cm³/mol. The Labute approximate surface area is 109 Å². The van der Waals surface area contributed by atoms with Crippen molar-refractivity contribution in [1.29, 1.82) is 0 Å². The molecule has 0 unspecified atom stereocenters. The van der Waals surface area contributed by atoms with E-state index in [1.807, 2.05) is 6.92 Å². The molecule has 0 aliphatic rings. The molecule has 2 amide bonds. The highest BCUT2D eigenvalue weighted by Gasteiger charge is 2.13. The van der Waals surface area contributed by atoms with Crippen molar-refractivity contribution in [2.45, 2.75) is 6.92 Å². The first-order valence-electron chi connectivity index (χ1n) is 5.55. The summed E-state index contributed by atoms with van der Waals surface area (Å²) in [7, 11) is 1.67. The summed E-state index contributed by atoms with van der Waals surface area (Å²) in [5, 5.41) is 6.55. The van der Waals surface area contributed by atoms with Gasteiger partial charge in [0.1, 0.15) is 6.33 Å². The minimum Gasteiger partial charge on any atom is -0.366 e. The van der Waals surface area contributed by atoms with Gasteiger partial charge in [0.25, 0.3) is 5.91 Å². The summed E-state index contributed by atoms with van der Waals surface area (Å²) in [5.41, 5.74) is 6.85. The zero-order valence-corrected chi connectivity index (χ0v) is 10.5. The highest BCUT2D eigenvalue weighted by Crippen LogP contribution is 2.17. The summed E-state index contributed by atoms with van der Waals surface area (Å²) in [6.07, 6.45) is 1.43. The third kappa shape index (κ3) is 2.76. The van der Waals surface area contributed by atoms with Crippen molar-refractivity contribution in [2.24, 2.45) is 12.8 Å². The minimum atomic E-state index is -0.550. The fourth-order valence-electron chi connectivity index (χ4n) is 1.53. The van der Waals surface area contributed by atoms with Gasteiger partial charge in [-0.05, 0) is 24.6 Å². The number of primary amides is 1. The number of aromatic nitrogens is 3. The molecule has 0 aliphatic heterocycles. The molecule has 0 fully saturated rings. The van der Waals surface area contributed by atoms with Crippen LogP contribution in [0.25, 0.3) is 0 Å². The maximum absolute atomic E-state index is 11.9. The van der Waals surface area contributed by atoms with E-state index in [2.05, 4.69) is 15.4 Å². The second-order valence-corrected chi connectivity index (χ2v) is 4.09. The number of hydrogen-bond donors (Lipinski definition) is 2. The number of aryl methyl sites for hydroxylation is 2. The topological polar surface area (TPSA) is 103 Å². The number of anilines is 1. The fourth-order valence-corrected chi connectivity index (χ4v) is 1.53. The van der Waals surface area contributed by atoms with Gasteiger partial charge in [0.05, 0.1) is 0 Å². The van der Waals surface area contributed by atoms with Crippen molar-refractivity contribution < 1.29 is 9.59 Å². The molecule has 1 aromatic heterocycles. The van der Waals surface area contributed by atoms with Crippen LogP contribution in [0.1, 0.15) is 26.5 Å². The molecule has 0 saturated carbocycles. The molecule has 3 N–H and O–H groups in total. The van der Waals surface area contributed by atoms with Gasteiger partial charge in [0.15, 0.2) is 0 Å². The molecule has 2 aromatic rings. The summed E-state index contributed by atoms with van der Waals surface area (Å²) >= 11 is 0. The Morgan fingerprint density at radius 3 is 2.68 bits per heavy atom. The quantitative estimate of drug-likeness (QED) is 0.836. The van der Waals surface area contributed by atoms with E-state index in [9.17, 15) is 9.59 Å². The fraction of sp³-hybridized carbons (Fsp3) is 0.167. The van der Waals surface area contributed by atoms with Crippen molar-refractivity contribution in [3.05, 3.63) is 41.5 Å². The predicted octanol–water partition coefficient (Wildman–Crippen LogP) is 0.475. The van der Waals surface area contributed by atoms with Crippen LogP contribution in [-0.2, 0) is 7.05 Å². The summed E-state index contributed by atoms with van der Waals surface area (Å²) in [6.45, 7) is 1.81. The molecular weight excluding hydrogens is 246 g/mol. The number of benzene rings is 1. The number of nitrogens with two attached hydrogens (primary N) is 1. The highest BCUT2D eigenvalue weighted by molar-refractivity contribution is 6.03. The third-order valence-corrected chi connectivity index (χ3v) is 2.57. The molecule has 1 aromatic carbocycles. The zero-order valence-electron chi connectivity index (χ0n) is 10.5. The van der Waals surface area contributed by atoms with E-state index >= 15 is 0 Å².